The first-order valence-corrected chi connectivity index (χ1v) is 8.40. The summed E-state index contributed by atoms with van der Waals surface area (Å²) < 4.78 is 19.2. The van der Waals surface area contributed by atoms with E-state index in [0.29, 0.717) is 45.1 Å². The van der Waals surface area contributed by atoms with Gasteiger partial charge in [-0.15, -0.1) is 0 Å². The van der Waals surface area contributed by atoms with Crippen LogP contribution in [0.5, 0.6) is 0 Å². The van der Waals surface area contributed by atoms with Crippen LogP contribution < -0.4 is 0 Å². The van der Waals surface area contributed by atoms with Gasteiger partial charge in [-0.25, -0.2) is 4.39 Å². The van der Waals surface area contributed by atoms with Crippen molar-refractivity contribution in [1.29, 1.82) is 0 Å². The second-order valence-electron chi connectivity index (χ2n) is 6.62. The third-order valence-electron chi connectivity index (χ3n) is 5.29. The van der Waals surface area contributed by atoms with Crippen LogP contribution in [0.4, 0.5) is 4.39 Å². The first-order chi connectivity index (χ1) is 11.2. The maximum atomic E-state index is 13.7. The van der Waals surface area contributed by atoms with Crippen molar-refractivity contribution in [3.05, 3.63) is 35.6 Å². The SMILES string of the molecule is O=C(N1CCC(CO)CC1)C1(c2cccc(F)c2)CCOCC1. The summed E-state index contributed by atoms with van der Waals surface area (Å²) in [5, 5.41) is 9.26. The van der Waals surface area contributed by atoms with Gasteiger partial charge in [-0.1, -0.05) is 12.1 Å². The van der Waals surface area contributed by atoms with Crippen LogP contribution in [-0.4, -0.2) is 48.8 Å². The van der Waals surface area contributed by atoms with E-state index in [4.69, 9.17) is 4.74 Å². The molecule has 2 aliphatic heterocycles. The van der Waals surface area contributed by atoms with Crippen LogP contribution >= 0.6 is 0 Å². The highest BCUT2D eigenvalue weighted by molar-refractivity contribution is 5.88. The van der Waals surface area contributed by atoms with Gasteiger partial charge in [0.1, 0.15) is 5.82 Å². The molecule has 0 saturated carbocycles. The fourth-order valence-corrected chi connectivity index (χ4v) is 3.75. The third-order valence-corrected chi connectivity index (χ3v) is 5.29. The predicted molar refractivity (Wildman–Crippen MR) is 84.5 cm³/mol. The highest BCUT2D eigenvalue weighted by atomic mass is 19.1. The largest absolute Gasteiger partial charge is 0.396 e. The number of rotatable bonds is 3. The zero-order valence-electron chi connectivity index (χ0n) is 13.3. The van der Waals surface area contributed by atoms with Crippen LogP contribution in [0.3, 0.4) is 0 Å². The molecule has 4 nitrogen and oxygen atoms in total. The normalized spacial score (nSPS) is 22.1. The molecule has 0 unspecified atom stereocenters. The Labute approximate surface area is 136 Å². The highest BCUT2D eigenvalue weighted by Gasteiger charge is 2.44. The molecular weight excluding hydrogens is 297 g/mol. The second-order valence-corrected chi connectivity index (χ2v) is 6.62. The number of likely N-dealkylation sites (tertiary alicyclic amines) is 1. The number of aliphatic hydroxyl groups excluding tert-OH is 1. The van der Waals surface area contributed by atoms with Crippen LogP contribution in [0.25, 0.3) is 0 Å². The van der Waals surface area contributed by atoms with Crippen molar-refractivity contribution in [3.8, 4) is 0 Å². The number of ether oxygens (including phenoxy) is 1. The number of nitrogens with zero attached hydrogens (tertiary/aromatic N) is 1. The number of halogens is 1. The van der Waals surface area contributed by atoms with Crippen LogP contribution in [-0.2, 0) is 14.9 Å². The predicted octanol–water partition coefficient (Wildman–Crippen LogP) is 2.10. The standard InChI is InChI=1S/C18H24FNO3/c19-16-3-1-2-15(12-16)18(6-10-23-11-7-18)17(22)20-8-4-14(13-21)5-9-20/h1-3,12,14,21H,4-11,13H2. The lowest BCUT2D eigenvalue weighted by Crippen LogP contribution is -2.52. The quantitative estimate of drug-likeness (QED) is 0.927. The van der Waals surface area contributed by atoms with E-state index in [0.717, 1.165) is 18.4 Å². The van der Waals surface area contributed by atoms with Crippen molar-refractivity contribution in [3.63, 3.8) is 0 Å². The topological polar surface area (TPSA) is 49.8 Å². The van der Waals surface area contributed by atoms with Crippen LogP contribution in [0.2, 0.25) is 0 Å². The van der Waals surface area contributed by atoms with E-state index in [9.17, 15) is 14.3 Å². The molecule has 2 aliphatic rings. The first kappa shape index (κ1) is 16.4. The summed E-state index contributed by atoms with van der Waals surface area (Å²) in [7, 11) is 0. The minimum absolute atomic E-state index is 0.0859. The molecule has 1 aromatic carbocycles. The molecular formula is C18H24FNO3. The summed E-state index contributed by atoms with van der Waals surface area (Å²) in [6, 6.07) is 6.43. The highest BCUT2D eigenvalue weighted by Crippen LogP contribution is 2.38. The molecule has 2 heterocycles. The molecule has 0 bridgehead atoms. The van der Waals surface area contributed by atoms with Crippen molar-refractivity contribution >= 4 is 5.91 Å². The molecule has 2 fully saturated rings. The Morgan fingerprint density at radius 1 is 1.30 bits per heavy atom. The zero-order valence-corrected chi connectivity index (χ0v) is 13.3. The number of hydrogen-bond donors (Lipinski definition) is 1. The Morgan fingerprint density at radius 2 is 2.00 bits per heavy atom. The van der Waals surface area contributed by atoms with E-state index < -0.39 is 5.41 Å². The number of carbonyl (C=O) groups excluding carboxylic acids is 1. The van der Waals surface area contributed by atoms with Gasteiger partial charge in [-0.2, -0.15) is 0 Å². The molecule has 3 rings (SSSR count). The minimum atomic E-state index is -0.674. The number of aliphatic hydroxyl groups is 1. The maximum Gasteiger partial charge on any atom is 0.233 e. The van der Waals surface area contributed by atoms with Gasteiger partial charge in [-0.05, 0) is 49.3 Å². The number of piperidine rings is 1. The Kier molecular flexibility index (Phi) is 4.97. The summed E-state index contributed by atoms with van der Waals surface area (Å²) in [5.74, 6) is 0.0711. The molecule has 23 heavy (non-hydrogen) atoms. The Balaban J connectivity index is 1.85. The number of hydrogen-bond acceptors (Lipinski definition) is 3. The average molecular weight is 321 g/mol. The van der Waals surface area contributed by atoms with Crippen LogP contribution in [0.1, 0.15) is 31.2 Å². The smallest absolute Gasteiger partial charge is 0.233 e. The Bertz CT molecular complexity index is 549. The summed E-state index contributed by atoms with van der Waals surface area (Å²) in [5.41, 5.74) is 0.0851. The van der Waals surface area contributed by atoms with E-state index >= 15 is 0 Å². The number of carbonyl (C=O) groups is 1. The van der Waals surface area contributed by atoms with E-state index in [1.807, 2.05) is 11.0 Å². The molecule has 0 aliphatic carbocycles. The Morgan fingerprint density at radius 3 is 2.61 bits per heavy atom. The summed E-state index contributed by atoms with van der Waals surface area (Å²) in [6.07, 6.45) is 2.85. The molecule has 0 aromatic heterocycles. The monoisotopic (exact) mass is 321 g/mol. The van der Waals surface area contributed by atoms with E-state index in [2.05, 4.69) is 0 Å². The lowest BCUT2D eigenvalue weighted by atomic mass is 9.72. The number of benzene rings is 1. The average Bonchev–Trinajstić information content (AvgIpc) is 2.62. The van der Waals surface area contributed by atoms with Crippen LogP contribution in [0.15, 0.2) is 24.3 Å². The van der Waals surface area contributed by atoms with Crippen LogP contribution in [0, 0.1) is 11.7 Å². The van der Waals surface area contributed by atoms with Crippen molar-refractivity contribution < 1.29 is 19.0 Å². The van der Waals surface area contributed by atoms with Gasteiger partial charge < -0.3 is 14.7 Å². The Hall–Kier alpha value is -1.46. The van der Waals surface area contributed by atoms with Crippen molar-refractivity contribution in [2.24, 2.45) is 5.92 Å². The molecule has 126 valence electrons. The lowest BCUT2D eigenvalue weighted by Gasteiger charge is -2.42. The van der Waals surface area contributed by atoms with Gasteiger partial charge in [0, 0.05) is 32.9 Å². The molecule has 1 aromatic rings. The number of amides is 1. The molecule has 0 radical (unpaired) electrons. The van der Waals surface area contributed by atoms with Gasteiger partial charge in [0.05, 0.1) is 5.41 Å². The zero-order chi connectivity index (χ0) is 16.3. The van der Waals surface area contributed by atoms with Gasteiger partial charge in [0.2, 0.25) is 5.91 Å². The third kappa shape index (κ3) is 3.26. The molecule has 1 N–H and O–H groups in total. The second kappa shape index (κ2) is 6.97. The van der Waals surface area contributed by atoms with E-state index in [1.165, 1.54) is 12.1 Å². The van der Waals surface area contributed by atoms with Crippen molar-refractivity contribution in [2.45, 2.75) is 31.1 Å². The van der Waals surface area contributed by atoms with E-state index in [1.54, 1.807) is 6.07 Å². The summed E-state index contributed by atoms with van der Waals surface area (Å²) in [6.45, 7) is 2.57. The molecule has 1 amide bonds. The minimum Gasteiger partial charge on any atom is -0.396 e. The molecule has 0 spiro atoms. The van der Waals surface area contributed by atoms with Gasteiger partial charge in [0.15, 0.2) is 0 Å². The lowest BCUT2D eigenvalue weighted by molar-refractivity contribution is -0.143. The summed E-state index contributed by atoms with van der Waals surface area (Å²) >= 11 is 0. The van der Waals surface area contributed by atoms with Crippen molar-refractivity contribution in [1.82, 2.24) is 4.90 Å². The maximum absolute atomic E-state index is 13.7. The van der Waals surface area contributed by atoms with Crippen molar-refractivity contribution in [2.75, 3.05) is 32.9 Å². The van der Waals surface area contributed by atoms with Gasteiger partial charge in [-0.3, -0.25) is 4.79 Å². The molecule has 5 heteroatoms. The first-order valence-electron chi connectivity index (χ1n) is 8.40. The molecule has 2 saturated heterocycles. The fourth-order valence-electron chi connectivity index (χ4n) is 3.75. The fraction of sp³-hybridized carbons (Fsp3) is 0.611. The van der Waals surface area contributed by atoms with E-state index in [-0.39, 0.29) is 18.3 Å². The van der Waals surface area contributed by atoms with Gasteiger partial charge >= 0.3 is 0 Å². The summed E-state index contributed by atoms with van der Waals surface area (Å²) in [4.78, 5) is 15.2. The van der Waals surface area contributed by atoms with Gasteiger partial charge in [0.25, 0.3) is 0 Å². The molecule has 0 atom stereocenters.